The number of hydrogen-bond donors (Lipinski definition) is 3. The summed E-state index contributed by atoms with van der Waals surface area (Å²) >= 11 is 0. The van der Waals surface area contributed by atoms with E-state index < -0.39 is 48.8 Å². The molecule has 1 saturated heterocycles. The molecule has 3 aromatic rings. The molecule has 246 valence electrons. The van der Waals surface area contributed by atoms with Gasteiger partial charge in [-0.1, -0.05) is 25.1 Å². The molecule has 3 amide bonds. The number of ether oxygens (including phenoxy) is 5. The molecule has 1 aliphatic rings. The average molecular weight is 634 g/mol. The summed E-state index contributed by atoms with van der Waals surface area (Å²) in [7, 11) is 1.39. The first-order valence-electron chi connectivity index (χ1n) is 15.1. The Kier molecular flexibility index (Phi) is 11.3. The number of carbonyl (C=O) groups excluding carboxylic acids is 3. The highest BCUT2D eigenvalue weighted by Gasteiger charge is 2.49. The van der Waals surface area contributed by atoms with Gasteiger partial charge in [-0.3, -0.25) is 16.0 Å². The van der Waals surface area contributed by atoms with Crippen molar-refractivity contribution in [2.45, 2.75) is 73.1 Å². The molecule has 1 fully saturated rings. The lowest BCUT2D eigenvalue weighted by Gasteiger charge is -2.43. The maximum Gasteiger partial charge on any atom is 0.412 e. The molecule has 4 rings (SSSR count). The van der Waals surface area contributed by atoms with Gasteiger partial charge in [-0.05, 0) is 111 Å². The molecule has 3 aromatic carbocycles. The summed E-state index contributed by atoms with van der Waals surface area (Å²) in [5, 5.41) is 8.22. The van der Waals surface area contributed by atoms with Crippen LogP contribution in [0, 0.1) is 47.5 Å². The van der Waals surface area contributed by atoms with E-state index in [4.69, 9.17) is 23.7 Å². The maximum atomic E-state index is 13.2. The minimum atomic E-state index is -1.16. The molecule has 2 unspecified atom stereocenters. The van der Waals surface area contributed by atoms with E-state index in [-0.39, 0.29) is 6.61 Å². The average Bonchev–Trinajstić information content (AvgIpc) is 2.92. The van der Waals surface area contributed by atoms with Crippen molar-refractivity contribution < 1.29 is 38.1 Å². The van der Waals surface area contributed by atoms with Crippen LogP contribution >= 0.6 is 0 Å². The molecule has 5 atom stereocenters. The molecule has 0 aromatic heterocycles. The first kappa shape index (κ1) is 34.3. The quantitative estimate of drug-likeness (QED) is 0.220. The SMILES string of the molecule is CO[C@@H]1OC(COC(=O)Nc2cc(C)cc(C)c2)[C@H](C)[C@H](OC(=O)Nc2cc(C)cc(C)c2)C1OC(=O)Nc1cc(C)cc(C)c1. The van der Waals surface area contributed by atoms with Crippen molar-refractivity contribution in [2.24, 2.45) is 5.92 Å². The van der Waals surface area contributed by atoms with Gasteiger partial charge in [0.25, 0.3) is 0 Å². The molecule has 1 aliphatic heterocycles. The Morgan fingerprint density at radius 1 is 0.609 bits per heavy atom. The lowest BCUT2D eigenvalue weighted by molar-refractivity contribution is -0.277. The Morgan fingerprint density at radius 2 is 0.978 bits per heavy atom. The topological polar surface area (TPSA) is 133 Å². The van der Waals surface area contributed by atoms with E-state index >= 15 is 0 Å². The standard InChI is InChI=1S/C35H43N3O8/c1-19-9-20(2)13-26(12-19)36-33(39)43-18-29-25(7)30(45-34(40)37-27-14-21(3)10-22(4)15-27)31(32(42-8)44-29)46-35(41)38-28-16-23(5)11-24(6)17-28/h9-17,25,29-32H,18H2,1-8H3,(H,36,39)(H,37,40)(H,38,41)/t25-,29?,30-,31?,32+/m0/s1. The zero-order valence-electron chi connectivity index (χ0n) is 27.6. The van der Waals surface area contributed by atoms with Gasteiger partial charge in [0.2, 0.25) is 0 Å². The van der Waals surface area contributed by atoms with Crippen LogP contribution in [0.15, 0.2) is 54.6 Å². The number of carbonyl (C=O) groups is 3. The number of nitrogens with one attached hydrogen (secondary N) is 3. The summed E-state index contributed by atoms with van der Waals surface area (Å²) < 4.78 is 28.9. The van der Waals surface area contributed by atoms with E-state index in [1.165, 1.54) is 7.11 Å². The van der Waals surface area contributed by atoms with E-state index in [0.717, 1.165) is 33.4 Å². The summed E-state index contributed by atoms with van der Waals surface area (Å²) in [6.07, 6.45) is -6.31. The Labute approximate surface area is 269 Å². The Balaban J connectivity index is 1.51. The molecular weight excluding hydrogens is 590 g/mol. The van der Waals surface area contributed by atoms with Gasteiger partial charge >= 0.3 is 18.3 Å². The Morgan fingerprint density at radius 3 is 1.37 bits per heavy atom. The molecule has 0 bridgehead atoms. The minimum absolute atomic E-state index is 0.183. The third-order valence-electron chi connectivity index (χ3n) is 7.51. The second kappa shape index (κ2) is 15.1. The van der Waals surface area contributed by atoms with E-state index in [1.807, 2.05) is 96.1 Å². The number of rotatable bonds is 8. The summed E-state index contributed by atoms with van der Waals surface area (Å²) in [6.45, 7) is 13.1. The number of aryl methyl sites for hydroxylation is 6. The number of hydrogen-bond acceptors (Lipinski definition) is 8. The second-order valence-electron chi connectivity index (χ2n) is 12.0. The van der Waals surface area contributed by atoms with E-state index in [0.29, 0.717) is 17.1 Å². The summed E-state index contributed by atoms with van der Waals surface area (Å²) in [6, 6.07) is 16.9. The molecule has 46 heavy (non-hydrogen) atoms. The molecule has 11 nitrogen and oxygen atoms in total. The highest BCUT2D eigenvalue weighted by atomic mass is 16.7. The molecule has 0 aliphatic carbocycles. The van der Waals surface area contributed by atoms with Gasteiger partial charge in [-0.25, -0.2) is 14.4 Å². The molecule has 1 heterocycles. The van der Waals surface area contributed by atoms with Crippen molar-refractivity contribution in [3.8, 4) is 0 Å². The fourth-order valence-corrected chi connectivity index (χ4v) is 5.71. The highest BCUT2D eigenvalue weighted by Crippen LogP contribution is 2.32. The van der Waals surface area contributed by atoms with Crippen LogP contribution in [0.3, 0.4) is 0 Å². The van der Waals surface area contributed by atoms with Gasteiger partial charge < -0.3 is 23.7 Å². The van der Waals surface area contributed by atoms with Crippen LogP contribution in [0.2, 0.25) is 0 Å². The first-order valence-corrected chi connectivity index (χ1v) is 15.1. The maximum absolute atomic E-state index is 13.2. The monoisotopic (exact) mass is 633 g/mol. The highest BCUT2D eigenvalue weighted by molar-refractivity contribution is 5.86. The largest absolute Gasteiger partial charge is 0.447 e. The van der Waals surface area contributed by atoms with E-state index in [2.05, 4.69) is 16.0 Å². The van der Waals surface area contributed by atoms with Gasteiger partial charge in [-0.15, -0.1) is 0 Å². The lowest BCUT2D eigenvalue weighted by atomic mass is 9.90. The van der Waals surface area contributed by atoms with Crippen LogP contribution in [0.5, 0.6) is 0 Å². The third kappa shape index (κ3) is 9.45. The number of amides is 3. The lowest BCUT2D eigenvalue weighted by Crippen LogP contribution is -2.58. The van der Waals surface area contributed by atoms with Gasteiger partial charge in [0, 0.05) is 30.1 Å². The van der Waals surface area contributed by atoms with Gasteiger partial charge in [-0.2, -0.15) is 0 Å². The number of methoxy groups -OCH3 is 1. The van der Waals surface area contributed by atoms with E-state index in [9.17, 15) is 14.4 Å². The predicted molar refractivity (Wildman–Crippen MR) is 175 cm³/mol. The predicted octanol–water partition coefficient (Wildman–Crippen LogP) is 7.33. The zero-order chi connectivity index (χ0) is 33.5. The fraction of sp³-hybridized carbons (Fsp3) is 0.400. The molecule has 11 heteroatoms. The normalized spacial score (nSPS) is 20.7. The summed E-state index contributed by atoms with van der Waals surface area (Å²) in [5.41, 5.74) is 7.56. The van der Waals surface area contributed by atoms with Crippen LogP contribution in [0.25, 0.3) is 0 Å². The van der Waals surface area contributed by atoms with Crippen molar-refractivity contribution in [1.29, 1.82) is 0 Å². The summed E-state index contributed by atoms with van der Waals surface area (Å²) in [4.78, 5) is 39.0. The van der Waals surface area contributed by atoms with Crippen LogP contribution < -0.4 is 16.0 Å². The minimum Gasteiger partial charge on any atom is -0.447 e. The van der Waals surface area contributed by atoms with Gasteiger partial charge in [0.15, 0.2) is 18.5 Å². The van der Waals surface area contributed by atoms with Crippen molar-refractivity contribution in [3.63, 3.8) is 0 Å². The number of benzene rings is 3. The Hall–Kier alpha value is -4.61. The summed E-state index contributed by atoms with van der Waals surface area (Å²) in [5.74, 6) is -0.593. The molecule has 0 saturated carbocycles. The van der Waals surface area contributed by atoms with Crippen molar-refractivity contribution in [1.82, 2.24) is 0 Å². The van der Waals surface area contributed by atoms with Crippen molar-refractivity contribution in [2.75, 3.05) is 29.7 Å². The second-order valence-corrected chi connectivity index (χ2v) is 12.0. The molecular formula is C35H43N3O8. The number of anilines is 3. The molecule has 0 spiro atoms. The van der Waals surface area contributed by atoms with Gasteiger partial charge in [0.1, 0.15) is 12.7 Å². The van der Waals surface area contributed by atoms with Crippen molar-refractivity contribution in [3.05, 3.63) is 88.0 Å². The Bertz CT molecular complexity index is 1510. The first-order chi connectivity index (χ1) is 21.8. The third-order valence-corrected chi connectivity index (χ3v) is 7.51. The molecule has 3 N–H and O–H groups in total. The zero-order valence-corrected chi connectivity index (χ0v) is 27.6. The van der Waals surface area contributed by atoms with Crippen LogP contribution in [0.4, 0.5) is 31.4 Å². The molecule has 0 radical (unpaired) electrons. The van der Waals surface area contributed by atoms with Crippen LogP contribution in [-0.4, -0.2) is 56.6 Å². The van der Waals surface area contributed by atoms with Crippen molar-refractivity contribution >= 4 is 35.3 Å². The van der Waals surface area contributed by atoms with Gasteiger partial charge in [0.05, 0.1) is 0 Å². The van der Waals surface area contributed by atoms with E-state index in [1.54, 1.807) is 6.92 Å². The van der Waals surface area contributed by atoms with Crippen LogP contribution in [0.1, 0.15) is 40.3 Å². The fourth-order valence-electron chi connectivity index (χ4n) is 5.71. The smallest absolute Gasteiger partial charge is 0.412 e. The van der Waals surface area contributed by atoms with Crippen LogP contribution in [-0.2, 0) is 23.7 Å².